The Kier molecular flexibility index (Phi) is 4.66. The molecule has 0 saturated heterocycles. The van der Waals surface area contributed by atoms with Crippen molar-refractivity contribution in [1.82, 2.24) is 0 Å². The van der Waals surface area contributed by atoms with Gasteiger partial charge in [0.1, 0.15) is 0 Å². The Balaban J connectivity index is 2.99. The molecule has 0 aliphatic rings. The van der Waals surface area contributed by atoms with Crippen molar-refractivity contribution < 1.29 is 32.2 Å². The molecular formula is CHI2O3-. The molecule has 0 aliphatic heterocycles. The Labute approximate surface area is 54.4 Å². The molecule has 6 heavy (non-hydrogen) atoms. The Bertz CT molecular complexity index is 46.8. The first-order valence-corrected chi connectivity index (χ1v) is 8.29. The monoisotopic (exact) mass is 315 g/mol. The molecule has 1 N–H and O–H groups in total. The molecule has 5 heteroatoms. The van der Waals surface area contributed by atoms with Gasteiger partial charge in [-0.25, -0.2) is 0 Å². The summed E-state index contributed by atoms with van der Waals surface area (Å²) < 4.78 is -0.505. The van der Waals surface area contributed by atoms with Crippen LogP contribution in [0.25, 0.3) is 0 Å². The zero-order valence-corrected chi connectivity index (χ0v) is 6.83. The van der Waals surface area contributed by atoms with Gasteiger partial charge in [0.25, 0.3) is 0 Å². The zero-order chi connectivity index (χ0) is 4.99. The van der Waals surface area contributed by atoms with Crippen LogP contribution in [0.15, 0.2) is 0 Å². The van der Waals surface area contributed by atoms with E-state index in [0.29, 0.717) is 0 Å². The molecule has 0 fully saturated rings. The Hall–Kier alpha value is 0.890. The van der Waals surface area contributed by atoms with Gasteiger partial charge in [-0.15, -0.1) is 0 Å². The van der Waals surface area contributed by atoms with Crippen molar-refractivity contribution in [2.24, 2.45) is 0 Å². The molecule has 0 aliphatic carbocycles. The minimum absolute atomic E-state index is 0.505. The van der Waals surface area contributed by atoms with Gasteiger partial charge in [-0.05, 0) is 0 Å². The van der Waals surface area contributed by atoms with Crippen LogP contribution in [0.5, 0.6) is 0 Å². The predicted molar refractivity (Wildman–Crippen MR) is 23.1 cm³/mol. The van der Waals surface area contributed by atoms with Crippen LogP contribution in [0.2, 0.25) is 0 Å². The minimum atomic E-state index is -0.597. The van der Waals surface area contributed by atoms with Crippen LogP contribution in [-0.4, -0.2) is 9.23 Å². The van der Waals surface area contributed by atoms with Crippen LogP contribution in [0.4, 0.5) is 4.79 Å². The Morgan fingerprint density at radius 1 is 2.00 bits per heavy atom. The van der Waals surface area contributed by atoms with Gasteiger partial charge in [0.05, 0.1) is 0 Å². The molecule has 0 rings (SSSR count). The summed E-state index contributed by atoms with van der Waals surface area (Å²) in [6, 6.07) is 0. The summed E-state index contributed by atoms with van der Waals surface area (Å²) in [7, 11) is 0. The fraction of sp³-hybridized carbons (Fsp3) is 0. The summed E-state index contributed by atoms with van der Waals surface area (Å²) in [5, 5.41) is 7.51. The van der Waals surface area contributed by atoms with E-state index in [1.54, 1.807) is 0 Å². The quantitative estimate of drug-likeness (QED) is 0.264. The van der Waals surface area contributed by atoms with E-state index in [-0.39, 0.29) is 0 Å². The SMILES string of the molecule is O=C(OO)[I-]I. The summed E-state index contributed by atoms with van der Waals surface area (Å²) in [5.74, 6) is 0. The van der Waals surface area contributed by atoms with Crippen LogP contribution >= 0.6 is 18.6 Å². The van der Waals surface area contributed by atoms with Crippen LogP contribution in [0.1, 0.15) is 0 Å². The molecule has 0 aromatic carbocycles. The third-order valence-electron chi connectivity index (χ3n) is 0.130. The third-order valence-corrected chi connectivity index (χ3v) is 2.89. The van der Waals surface area contributed by atoms with E-state index in [1.807, 2.05) is 18.6 Å². The van der Waals surface area contributed by atoms with Gasteiger partial charge in [-0.1, -0.05) is 0 Å². The number of hydrogen-bond donors (Lipinski definition) is 1. The average molecular weight is 315 g/mol. The maximum atomic E-state index is 9.75. The number of rotatable bonds is 1. The molecule has 0 radical (unpaired) electrons. The van der Waals surface area contributed by atoms with E-state index < -0.39 is 21.2 Å². The van der Waals surface area contributed by atoms with E-state index in [4.69, 9.17) is 5.26 Å². The second-order valence-corrected chi connectivity index (χ2v) is 4.42. The molecule has 0 atom stereocenters. The number of carbonyl (C=O) groups is 1. The molecule has 0 heterocycles. The fourth-order valence-electron chi connectivity index (χ4n) is 0.0130. The molecule has 0 bridgehead atoms. The standard InChI is InChI=1S/CHI2O3/c2-3-1(4)6-5/h5H/q-1. The summed E-state index contributed by atoms with van der Waals surface area (Å²) in [4.78, 5) is 13.1. The van der Waals surface area contributed by atoms with Crippen molar-refractivity contribution in [3.8, 4) is 0 Å². The molecule has 3 nitrogen and oxygen atoms in total. The molecule has 38 valence electrons. The summed E-state index contributed by atoms with van der Waals surface area (Å²) in [6.07, 6.45) is 0. The zero-order valence-electron chi connectivity index (χ0n) is 2.52. The van der Waals surface area contributed by atoms with Gasteiger partial charge in [-0.2, -0.15) is 0 Å². The second-order valence-electron chi connectivity index (χ2n) is 0.400. The molecular weight excluding hydrogens is 314 g/mol. The number of hydrogen-bond acceptors (Lipinski definition) is 3. The van der Waals surface area contributed by atoms with Crippen LogP contribution in [-0.2, 0) is 4.89 Å². The first kappa shape index (κ1) is 6.89. The second kappa shape index (κ2) is 4.06. The van der Waals surface area contributed by atoms with Gasteiger partial charge in [0, 0.05) is 0 Å². The molecule has 0 aromatic heterocycles. The van der Waals surface area contributed by atoms with E-state index in [9.17, 15) is 4.79 Å². The topological polar surface area (TPSA) is 46.5 Å². The average Bonchev–Trinajstić information content (AvgIpc) is 1.65. The van der Waals surface area contributed by atoms with Crippen molar-refractivity contribution in [2.45, 2.75) is 0 Å². The predicted octanol–water partition coefficient (Wildman–Crippen LogP) is -1.96. The van der Waals surface area contributed by atoms with E-state index >= 15 is 0 Å². The van der Waals surface area contributed by atoms with Crippen molar-refractivity contribution in [3.05, 3.63) is 0 Å². The van der Waals surface area contributed by atoms with Gasteiger partial charge in [-0.3, -0.25) is 0 Å². The van der Waals surface area contributed by atoms with Crippen molar-refractivity contribution in [1.29, 1.82) is 0 Å². The normalized spacial score (nSPS) is 8.33. The van der Waals surface area contributed by atoms with Crippen LogP contribution in [0, 0.1) is 0 Å². The molecule has 0 unspecified atom stereocenters. The summed E-state index contributed by atoms with van der Waals surface area (Å²) in [6.45, 7) is 0. The number of carbonyl (C=O) groups excluding carboxylic acids is 1. The number of halogens is 2. The summed E-state index contributed by atoms with van der Waals surface area (Å²) >= 11 is 1.29. The molecule has 0 saturated carbocycles. The molecule has 0 spiro atoms. The Morgan fingerprint density at radius 3 is 2.50 bits per heavy atom. The maximum absolute atomic E-state index is 9.75. The first-order valence-electron chi connectivity index (χ1n) is 0.923. The van der Waals surface area contributed by atoms with Crippen molar-refractivity contribution >= 4 is 22.6 Å². The van der Waals surface area contributed by atoms with E-state index in [1.165, 1.54) is 0 Å². The van der Waals surface area contributed by atoms with Gasteiger partial charge in [0.15, 0.2) is 0 Å². The first-order chi connectivity index (χ1) is 2.81. The van der Waals surface area contributed by atoms with Crippen LogP contribution in [0.3, 0.4) is 0 Å². The molecule has 0 amide bonds. The fourth-order valence-corrected chi connectivity index (χ4v) is 0.587. The van der Waals surface area contributed by atoms with Gasteiger partial charge in [0.2, 0.25) is 0 Å². The van der Waals surface area contributed by atoms with Crippen molar-refractivity contribution in [3.63, 3.8) is 0 Å². The Morgan fingerprint density at radius 2 is 2.50 bits per heavy atom. The summed E-state index contributed by atoms with van der Waals surface area (Å²) in [5.41, 5.74) is 0. The van der Waals surface area contributed by atoms with Gasteiger partial charge >= 0.3 is 54.8 Å². The van der Waals surface area contributed by atoms with Gasteiger partial charge < -0.3 is 0 Å². The van der Waals surface area contributed by atoms with E-state index in [2.05, 4.69) is 4.89 Å². The van der Waals surface area contributed by atoms with Crippen molar-refractivity contribution in [2.75, 3.05) is 0 Å². The third kappa shape index (κ3) is 3.09. The molecule has 0 aromatic rings. The van der Waals surface area contributed by atoms with E-state index in [0.717, 1.165) is 0 Å². The van der Waals surface area contributed by atoms with Crippen LogP contribution < -0.4 is 17.2 Å².